The van der Waals surface area contributed by atoms with E-state index in [0.29, 0.717) is 6.42 Å². The first-order chi connectivity index (χ1) is 5.92. The van der Waals surface area contributed by atoms with Gasteiger partial charge in [-0.15, -0.1) is 0 Å². The second kappa shape index (κ2) is 3.07. The Morgan fingerprint density at radius 1 is 1.33 bits per heavy atom. The van der Waals surface area contributed by atoms with Gasteiger partial charge in [-0.05, 0) is 5.56 Å². The molecule has 1 aliphatic heterocycles. The van der Waals surface area contributed by atoms with Crippen LogP contribution in [-0.4, -0.2) is 12.4 Å². The van der Waals surface area contributed by atoms with Crippen molar-refractivity contribution in [2.24, 2.45) is 0 Å². The molecule has 1 heterocycles. The Morgan fingerprint density at radius 2 is 2.08 bits per heavy atom. The molecule has 0 unspecified atom stereocenters. The van der Waals surface area contributed by atoms with Gasteiger partial charge in [-0.1, -0.05) is 30.3 Å². The van der Waals surface area contributed by atoms with Crippen LogP contribution in [-0.2, 0) is 9.53 Å². The fraction of sp³-hybridized carbons (Fsp3) is 0.300. The Kier molecular flexibility index (Phi) is 1.92. The summed E-state index contributed by atoms with van der Waals surface area (Å²) in [5.74, 6) is 0. The van der Waals surface area contributed by atoms with Crippen LogP contribution in [0.4, 0.5) is 0 Å². The summed E-state index contributed by atoms with van der Waals surface area (Å²) in [7, 11) is 0. The highest BCUT2D eigenvalue weighted by Crippen LogP contribution is 2.39. The summed E-state index contributed by atoms with van der Waals surface area (Å²) < 4.78 is 5.31. The molecule has 0 aromatic heterocycles. The first-order valence-electron chi connectivity index (χ1n) is 4.06. The fourth-order valence-corrected chi connectivity index (χ4v) is 1.35. The van der Waals surface area contributed by atoms with Crippen LogP contribution < -0.4 is 0 Å². The monoisotopic (exact) mass is 162 g/mol. The average Bonchev–Trinajstić information content (AvgIpc) is 2.87. The summed E-state index contributed by atoms with van der Waals surface area (Å²) in [5.41, 5.74) is 1.17. The van der Waals surface area contributed by atoms with Crippen LogP contribution in [0.25, 0.3) is 0 Å². The molecule has 0 radical (unpaired) electrons. The number of hydrogen-bond donors (Lipinski definition) is 0. The van der Waals surface area contributed by atoms with Crippen LogP contribution in [0.3, 0.4) is 0 Å². The maximum atomic E-state index is 10.2. The standard InChI is InChI=1S/C10H10O2/c11-7-6-9-10(12-9)8-4-2-1-3-5-8/h1-5,7,9-10H,6H2/t9-,10-/m1/s1. The van der Waals surface area contributed by atoms with Gasteiger partial charge in [0.2, 0.25) is 0 Å². The molecular weight excluding hydrogens is 152 g/mol. The number of aldehydes is 1. The normalized spacial score (nSPS) is 26.7. The zero-order chi connectivity index (χ0) is 8.39. The summed E-state index contributed by atoms with van der Waals surface area (Å²) in [6.07, 6.45) is 1.72. The number of carbonyl (C=O) groups is 1. The van der Waals surface area contributed by atoms with Gasteiger partial charge in [-0.25, -0.2) is 0 Å². The summed E-state index contributed by atoms with van der Waals surface area (Å²) in [4.78, 5) is 10.2. The molecular formula is C10H10O2. The largest absolute Gasteiger partial charge is 0.364 e. The number of ether oxygens (including phenoxy) is 1. The third-order valence-corrected chi connectivity index (χ3v) is 2.04. The fourth-order valence-electron chi connectivity index (χ4n) is 1.35. The molecule has 0 bridgehead atoms. The second-order valence-corrected chi connectivity index (χ2v) is 2.91. The molecule has 0 aliphatic carbocycles. The summed E-state index contributed by atoms with van der Waals surface area (Å²) in [6.45, 7) is 0. The van der Waals surface area contributed by atoms with Gasteiger partial charge < -0.3 is 9.53 Å². The SMILES string of the molecule is O=CC[C@H]1O[C@@H]1c1ccccc1. The minimum Gasteiger partial charge on any atom is -0.364 e. The number of epoxide rings is 1. The molecule has 1 aromatic rings. The molecule has 2 rings (SSSR count). The zero-order valence-electron chi connectivity index (χ0n) is 6.64. The Bertz CT molecular complexity index is 268. The first kappa shape index (κ1) is 7.50. The Labute approximate surface area is 71.2 Å². The van der Waals surface area contributed by atoms with E-state index in [1.165, 1.54) is 5.56 Å². The van der Waals surface area contributed by atoms with E-state index in [0.717, 1.165) is 6.29 Å². The molecule has 2 heteroatoms. The van der Waals surface area contributed by atoms with E-state index in [4.69, 9.17) is 4.74 Å². The smallest absolute Gasteiger partial charge is 0.122 e. The van der Waals surface area contributed by atoms with Crippen LogP contribution in [0.1, 0.15) is 18.1 Å². The molecule has 12 heavy (non-hydrogen) atoms. The first-order valence-corrected chi connectivity index (χ1v) is 4.06. The van der Waals surface area contributed by atoms with Gasteiger partial charge in [0.25, 0.3) is 0 Å². The van der Waals surface area contributed by atoms with Crippen LogP contribution >= 0.6 is 0 Å². The number of rotatable bonds is 3. The van der Waals surface area contributed by atoms with E-state index in [2.05, 4.69) is 0 Å². The van der Waals surface area contributed by atoms with Gasteiger partial charge in [0, 0.05) is 6.42 Å². The molecule has 1 aliphatic rings. The van der Waals surface area contributed by atoms with Crippen molar-refractivity contribution in [1.82, 2.24) is 0 Å². The van der Waals surface area contributed by atoms with Crippen molar-refractivity contribution in [3.05, 3.63) is 35.9 Å². The van der Waals surface area contributed by atoms with Crippen LogP contribution in [0, 0.1) is 0 Å². The highest BCUT2D eigenvalue weighted by Gasteiger charge is 2.39. The molecule has 0 spiro atoms. The Balaban J connectivity index is 2.01. The van der Waals surface area contributed by atoms with Crippen LogP contribution in [0.2, 0.25) is 0 Å². The highest BCUT2D eigenvalue weighted by molar-refractivity contribution is 5.51. The number of benzene rings is 1. The minimum absolute atomic E-state index is 0.130. The van der Waals surface area contributed by atoms with Gasteiger partial charge in [0.05, 0.1) is 6.10 Å². The van der Waals surface area contributed by atoms with Gasteiger partial charge in [0.15, 0.2) is 0 Å². The molecule has 0 amide bonds. The molecule has 0 saturated carbocycles. The van der Waals surface area contributed by atoms with Crippen molar-refractivity contribution in [2.75, 3.05) is 0 Å². The quantitative estimate of drug-likeness (QED) is 0.500. The minimum atomic E-state index is 0.130. The van der Waals surface area contributed by atoms with E-state index in [9.17, 15) is 4.79 Å². The third-order valence-electron chi connectivity index (χ3n) is 2.04. The molecule has 0 N–H and O–H groups in total. The van der Waals surface area contributed by atoms with E-state index in [1.807, 2.05) is 30.3 Å². The molecule has 2 atom stereocenters. The second-order valence-electron chi connectivity index (χ2n) is 2.91. The topological polar surface area (TPSA) is 29.6 Å². The van der Waals surface area contributed by atoms with Crippen LogP contribution in [0.5, 0.6) is 0 Å². The number of carbonyl (C=O) groups excluding carboxylic acids is 1. The lowest BCUT2D eigenvalue weighted by atomic mass is 10.1. The van der Waals surface area contributed by atoms with Crippen molar-refractivity contribution in [1.29, 1.82) is 0 Å². The van der Waals surface area contributed by atoms with Crippen molar-refractivity contribution in [3.8, 4) is 0 Å². The maximum Gasteiger partial charge on any atom is 0.122 e. The molecule has 2 nitrogen and oxygen atoms in total. The number of hydrogen-bond acceptors (Lipinski definition) is 2. The van der Waals surface area contributed by atoms with Crippen molar-refractivity contribution in [3.63, 3.8) is 0 Å². The average molecular weight is 162 g/mol. The lowest BCUT2D eigenvalue weighted by Gasteiger charge is -1.91. The van der Waals surface area contributed by atoms with E-state index in [1.54, 1.807) is 0 Å². The zero-order valence-corrected chi connectivity index (χ0v) is 6.64. The molecule has 1 fully saturated rings. The van der Waals surface area contributed by atoms with Gasteiger partial charge in [-0.2, -0.15) is 0 Å². The summed E-state index contributed by atoms with van der Waals surface area (Å²) in [5, 5.41) is 0. The molecule has 1 aromatic carbocycles. The third kappa shape index (κ3) is 1.38. The summed E-state index contributed by atoms with van der Waals surface area (Å²) in [6, 6.07) is 9.98. The lowest BCUT2D eigenvalue weighted by molar-refractivity contribution is -0.108. The van der Waals surface area contributed by atoms with Gasteiger partial charge in [-0.3, -0.25) is 0 Å². The molecule has 1 saturated heterocycles. The van der Waals surface area contributed by atoms with Gasteiger partial charge >= 0.3 is 0 Å². The Morgan fingerprint density at radius 3 is 2.75 bits per heavy atom. The predicted octanol–water partition coefficient (Wildman–Crippen LogP) is 1.72. The molecule has 62 valence electrons. The van der Waals surface area contributed by atoms with Crippen molar-refractivity contribution in [2.45, 2.75) is 18.6 Å². The Hall–Kier alpha value is -1.15. The van der Waals surface area contributed by atoms with Gasteiger partial charge in [0.1, 0.15) is 12.4 Å². The maximum absolute atomic E-state index is 10.2. The predicted molar refractivity (Wildman–Crippen MR) is 44.7 cm³/mol. The van der Waals surface area contributed by atoms with E-state index in [-0.39, 0.29) is 12.2 Å². The lowest BCUT2D eigenvalue weighted by Crippen LogP contribution is -1.88. The van der Waals surface area contributed by atoms with Crippen molar-refractivity contribution < 1.29 is 9.53 Å². The summed E-state index contributed by atoms with van der Waals surface area (Å²) >= 11 is 0. The van der Waals surface area contributed by atoms with E-state index >= 15 is 0 Å². The highest BCUT2D eigenvalue weighted by atomic mass is 16.6. The van der Waals surface area contributed by atoms with E-state index < -0.39 is 0 Å². The van der Waals surface area contributed by atoms with Crippen molar-refractivity contribution >= 4 is 6.29 Å². The van der Waals surface area contributed by atoms with Crippen LogP contribution in [0.15, 0.2) is 30.3 Å².